The van der Waals surface area contributed by atoms with Crippen molar-refractivity contribution in [1.29, 1.82) is 0 Å². The van der Waals surface area contributed by atoms with E-state index >= 15 is 0 Å². The molecule has 0 unspecified atom stereocenters. The van der Waals surface area contributed by atoms with Gasteiger partial charge in [-0.25, -0.2) is 14.8 Å². The molecule has 3 aromatic rings. The second kappa shape index (κ2) is 10.3. The van der Waals surface area contributed by atoms with Crippen LogP contribution in [0.1, 0.15) is 28.3 Å². The van der Waals surface area contributed by atoms with Crippen LogP contribution < -0.4 is 0 Å². The number of rotatable bonds is 9. The molecule has 0 spiro atoms. The molecule has 0 amide bonds. The average Bonchev–Trinajstić information content (AvgIpc) is 3.12. The molecule has 1 aliphatic rings. The number of benzene rings is 1. The number of halogens is 1. The highest BCUT2D eigenvalue weighted by Gasteiger charge is 2.23. The average molecular weight is 467 g/mol. The Morgan fingerprint density at radius 1 is 1.36 bits per heavy atom. The van der Waals surface area contributed by atoms with Crippen LogP contribution in [0.5, 0.6) is 0 Å². The lowest BCUT2D eigenvalue weighted by atomic mass is 10.1. The highest BCUT2D eigenvalue weighted by atomic mass is 35.5. The fraction of sp³-hybridized carbons (Fsp3) is 0.320. The van der Waals surface area contributed by atoms with Crippen molar-refractivity contribution in [3.63, 3.8) is 0 Å². The van der Waals surface area contributed by atoms with Gasteiger partial charge < -0.3 is 14.0 Å². The molecular weight excluding hydrogens is 440 g/mol. The normalized spacial score (nSPS) is 16.1. The number of pyridine rings is 1. The Morgan fingerprint density at radius 2 is 2.18 bits per heavy atom. The predicted molar refractivity (Wildman–Crippen MR) is 129 cm³/mol. The maximum absolute atomic E-state index is 12.0. The van der Waals surface area contributed by atoms with E-state index in [1.807, 2.05) is 31.3 Å². The summed E-state index contributed by atoms with van der Waals surface area (Å²) in [6.07, 6.45) is 5.03. The Morgan fingerprint density at radius 3 is 2.85 bits per heavy atom. The molecule has 8 heteroatoms. The first-order chi connectivity index (χ1) is 16.0. The minimum Gasteiger partial charge on any atom is -0.465 e. The topological polar surface area (TPSA) is 69.5 Å². The molecule has 1 fully saturated rings. The molecule has 1 saturated heterocycles. The second-order valence-electron chi connectivity index (χ2n) is 8.02. The number of likely N-dealkylation sites (N-methyl/N-ethyl adjacent to an activating group) is 1. The standard InChI is InChI=1S/C25H27ClN4O3/c1-4-17(20-6-5-7-23(26)27-20)10-12-29(2)16-24-28-21-9-8-18(25(31)32-3)14-22(21)30(24)15-19-11-13-33-19/h4-10,14,19H,1,11-13,15-16H2,2-3H3/b17-10+/t19-/m0/s1. The van der Waals surface area contributed by atoms with E-state index in [-0.39, 0.29) is 12.1 Å². The van der Waals surface area contributed by atoms with Gasteiger partial charge in [-0.05, 0) is 49.4 Å². The number of methoxy groups -OCH3 is 1. The molecule has 0 N–H and O–H groups in total. The van der Waals surface area contributed by atoms with E-state index in [1.54, 1.807) is 18.2 Å². The van der Waals surface area contributed by atoms with Gasteiger partial charge in [-0.1, -0.05) is 36.4 Å². The van der Waals surface area contributed by atoms with Gasteiger partial charge in [-0.2, -0.15) is 0 Å². The summed E-state index contributed by atoms with van der Waals surface area (Å²) in [6.45, 7) is 6.69. The molecule has 0 saturated carbocycles. The van der Waals surface area contributed by atoms with E-state index in [9.17, 15) is 4.79 Å². The van der Waals surface area contributed by atoms with Gasteiger partial charge in [-0.15, -0.1) is 0 Å². The number of esters is 1. The molecule has 172 valence electrons. The fourth-order valence-electron chi connectivity index (χ4n) is 3.80. The SMILES string of the molecule is C=C/C(=C\CN(C)Cc1nc2ccc(C(=O)OC)cc2n1C[C@@H]1CCO1)c1cccc(Cl)n1. The van der Waals surface area contributed by atoms with Gasteiger partial charge in [0.2, 0.25) is 0 Å². The third kappa shape index (κ3) is 5.33. The number of aromatic nitrogens is 3. The summed E-state index contributed by atoms with van der Waals surface area (Å²) < 4.78 is 12.7. The maximum atomic E-state index is 12.0. The van der Waals surface area contributed by atoms with E-state index in [1.165, 1.54) is 7.11 Å². The molecular formula is C25H27ClN4O3. The molecule has 7 nitrogen and oxygen atoms in total. The zero-order chi connectivity index (χ0) is 23.4. The summed E-state index contributed by atoms with van der Waals surface area (Å²) in [7, 11) is 3.42. The zero-order valence-electron chi connectivity index (χ0n) is 18.8. The lowest BCUT2D eigenvalue weighted by Gasteiger charge is -2.28. The van der Waals surface area contributed by atoms with Crippen molar-refractivity contribution < 1.29 is 14.3 Å². The third-order valence-corrected chi connectivity index (χ3v) is 5.90. The number of imidazole rings is 1. The summed E-state index contributed by atoms with van der Waals surface area (Å²) in [5.74, 6) is 0.555. The monoisotopic (exact) mass is 466 g/mol. The van der Waals surface area contributed by atoms with Crippen molar-refractivity contribution in [2.45, 2.75) is 25.6 Å². The number of carbonyl (C=O) groups excluding carboxylic acids is 1. The van der Waals surface area contributed by atoms with Gasteiger partial charge >= 0.3 is 5.97 Å². The van der Waals surface area contributed by atoms with Crippen LogP contribution in [-0.4, -0.2) is 58.8 Å². The van der Waals surface area contributed by atoms with E-state index in [0.717, 1.165) is 41.2 Å². The Kier molecular flexibility index (Phi) is 7.23. The summed E-state index contributed by atoms with van der Waals surface area (Å²) in [6, 6.07) is 11.0. The number of hydrogen-bond acceptors (Lipinski definition) is 6. The Labute approximate surface area is 198 Å². The van der Waals surface area contributed by atoms with E-state index < -0.39 is 0 Å². The molecule has 33 heavy (non-hydrogen) atoms. The van der Waals surface area contributed by atoms with Crippen LogP contribution >= 0.6 is 11.6 Å². The lowest BCUT2D eigenvalue weighted by molar-refractivity contribution is -0.0591. The number of fused-ring (bicyclic) bond motifs is 1. The first-order valence-electron chi connectivity index (χ1n) is 10.8. The number of hydrogen-bond donors (Lipinski definition) is 0. The van der Waals surface area contributed by atoms with Crippen LogP contribution in [0.4, 0.5) is 0 Å². The van der Waals surface area contributed by atoms with Crippen molar-refractivity contribution in [1.82, 2.24) is 19.4 Å². The highest BCUT2D eigenvalue weighted by molar-refractivity contribution is 6.29. The quantitative estimate of drug-likeness (QED) is 0.265. The molecule has 0 aliphatic carbocycles. The summed E-state index contributed by atoms with van der Waals surface area (Å²) >= 11 is 6.04. The molecule has 1 atom stereocenters. The van der Waals surface area contributed by atoms with Gasteiger partial charge in [0.25, 0.3) is 0 Å². The smallest absolute Gasteiger partial charge is 0.337 e. The van der Waals surface area contributed by atoms with Gasteiger partial charge in [0, 0.05) is 13.2 Å². The van der Waals surface area contributed by atoms with Crippen molar-refractivity contribution >= 4 is 34.2 Å². The third-order valence-electron chi connectivity index (χ3n) is 5.69. The zero-order valence-corrected chi connectivity index (χ0v) is 19.6. The van der Waals surface area contributed by atoms with Gasteiger partial charge in [-0.3, -0.25) is 4.90 Å². The van der Waals surface area contributed by atoms with Crippen molar-refractivity contribution in [2.24, 2.45) is 0 Å². The van der Waals surface area contributed by atoms with Gasteiger partial charge in [0.1, 0.15) is 11.0 Å². The minimum atomic E-state index is -0.361. The molecule has 3 heterocycles. The fourth-order valence-corrected chi connectivity index (χ4v) is 3.96. The van der Waals surface area contributed by atoms with Crippen molar-refractivity contribution in [3.8, 4) is 0 Å². The number of allylic oxidation sites excluding steroid dienone is 2. The Bertz CT molecular complexity index is 1200. The van der Waals surface area contributed by atoms with Crippen molar-refractivity contribution in [2.75, 3.05) is 27.3 Å². The molecule has 0 bridgehead atoms. The van der Waals surface area contributed by atoms with Crippen LogP contribution in [-0.2, 0) is 22.6 Å². The predicted octanol–water partition coefficient (Wildman–Crippen LogP) is 4.36. The number of ether oxygens (including phenoxy) is 2. The lowest BCUT2D eigenvalue weighted by Crippen LogP contribution is -2.32. The van der Waals surface area contributed by atoms with Crippen LogP contribution in [0.15, 0.2) is 55.1 Å². The highest BCUT2D eigenvalue weighted by Crippen LogP contribution is 2.23. The Balaban J connectivity index is 1.58. The molecule has 4 rings (SSSR count). The number of carbonyl (C=O) groups is 1. The molecule has 1 aliphatic heterocycles. The minimum absolute atomic E-state index is 0.161. The Hall–Kier alpha value is -3.00. The first kappa shape index (κ1) is 23.2. The molecule has 2 aromatic heterocycles. The van der Waals surface area contributed by atoms with Crippen LogP contribution in [0, 0.1) is 0 Å². The first-order valence-corrected chi connectivity index (χ1v) is 11.2. The van der Waals surface area contributed by atoms with Gasteiger partial charge in [0.15, 0.2) is 0 Å². The van der Waals surface area contributed by atoms with Crippen LogP contribution in [0.3, 0.4) is 0 Å². The number of nitrogens with zero attached hydrogens (tertiary/aromatic N) is 4. The maximum Gasteiger partial charge on any atom is 0.337 e. The van der Waals surface area contributed by atoms with E-state index in [4.69, 9.17) is 26.1 Å². The van der Waals surface area contributed by atoms with E-state index in [2.05, 4.69) is 27.1 Å². The summed E-state index contributed by atoms with van der Waals surface area (Å²) in [4.78, 5) is 23.4. The molecule has 0 radical (unpaired) electrons. The largest absolute Gasteiger partial charge is 0.465 e. The van der Waals surface area contributed by atoms with Crippen LogP contribution in [0.25, 0.3) is 16.6 Å². The van der Waals surface area contributed by atoms with Gasteiger partial charge in [0.05, 0.1) is 48.6 Å². The van der Waals surface area contributed by atoms with E-state index in [0.29, 0.717) is 30.4 Å². The second-order valence-corrected chi connectivity index (χ2v) is 8.41. The summed E-state index contributed by atoms with van der Waals surface area (Å²) in [5.41, 5.74) is 3.96. The van der Waals surface area contributed by atoms with Crippen LogP contribution in [0.2, 0.25) is 5.15 Å². The summed E-state index contributed by atoms with van der Waals surface area (Å²) in [5, 5.41) is 0.451. The molecule has 1 aromatic carbocycles. The van der Waals surface area contributed by atoms with Crippen molar-refractivity contribution in [3.05, 3.63) is 77.4 Å².